The Labute approximate surface area is 101 Å². The van der Waals surface area contributed by atoms with Crippen LogP contribution in [0.2, 0.25) is 0 Å². The molecule has 0 aliphatic heterocycles. The normalized spacial score (nSPS) is 17.0. The topological polar surface area (TPSA) is 70.1 Å². The fraction of sp³-hybridized carbons (Fsp3) is 0.667. The van der Waals surface area contributed by atoms with E-state index < -0.39 is 5.97 Å². The first kappa shape index (κ1) is 12.0. The highest BCUT2D eigenvalue weighted by molar-refractivity contribution is 5.88. The minimum atomic E-state index is -0.395. The molecule has 0 saturated heterocycles. The molecule has 2 N–H and O–H groups in total. The van der Waals surface area contributed by atoms with Crippen molar-refractivity contribution in [3.63, 3.8) is 0 Å². The van der Waals surface area contributed by atoms with Gasteiger partial charge in [0.15, 0.2) is 5.69 Å². The largest absolute Gasteiger partial charge is 0.461 e. The lowest BCUT2D eigenvalue weighted by molar-refractivity contribution is 0.0518. The van der Waals surface area contributed by atoms with Gasteiger partial charge in [0.2, 0.25) is 0 Å². The molecule has 1 aromatic heterocycles. The van der Waals surface area contributed by atoms with Gasteiger partial charge in [-0.2, -0.15) is 5.10 Å². The Morgan fingerprint density at radius 1 is 1.53 bits per heavy atom. The van der Waals surface area contributed by atoms with E-state index in [0.29, 0.717) is 24.2 Å². The molecule has 1 heterocycles. The van der Waals surface area contributed by atoms with E-state index >= 15 is 0 Å². The van der Waals surface area contributed by atoms with Gasteiger partial charge in [0, 0.05) is 6.07 Å². The Morgan fingerprint density at radius 2 is 2.24 bits per heavy atom. The van der Waals surface area contributed by atoms with Crippen LogP contribution in [0.5, 0.6) is 0 Å². The summed E-state index contributed by atoms with van der Waals surface area (Å²) in [5.41, 5.74) is 6.21. The predicted octanol–water partition coefficient (Wildman–Crippen LogP) is 2.15. The maximum Gasteiger partial charge on any atom is 0.358 e. The van der Waals surface area contributed by atoms with Crippen molar-refractivity contribution in [1.82, 2.24) is 9.78 Å². The number of aromatic nitrogens is 2. The number of nitrogens with two attached hydrogens (primary N) is 1. The van der Waals surface area contributed by atoms with Gasteiger partial charge in [-0.3, -0.25) is 0 Å². The number of rotatable bonds is 3. The number of nitrogen functional groups attached to an aromatic ring is 1. The summed E-state index contributed by atoms with van der Waals surface area (Å²) in [7, 11) is 0. The van der Waals surface area contributed by atoms with E-state index in [-0.39, 0.29) is 0 Å². The fourth-order valence-electron chi connectivity index (χ4n) is 2.33. The zero-order valence-electron chi connectivity index (χ0n) is 10.2. The molecule has 0 aromatic carbocycles. The molecule has 1 aromatic rings. The van der Waals surface area contributed by atoms with Gasteiger partial charge in [-0.1, -0.05) is 19.3 Å². The Morgan fingerprint density at radius 3 is 2.88 bits per heavy atom. The highest BCUT2D eigenvalue weighted by Gasteiger charge is 2.21. The molecule has 1 aliphatic carbocycles. The van der Waals surface area contributed by atoms with E-state index in [1.165, 1.54) is 19.3 Å². The van der Waals surface area contributed by atoms with Gasteiger partial charge in [0.25, 0.3) is 0 Å². The van der Waals surface area contributed by atoms with Crippen molar-refractivity contribution in [1.29, 1.82) is 0 Å². The quantitative estimate of drug-likeness (QED) is 0.818. The van der Waals surface area contributed by atoms with Gasteiger partial charge in [-0.25, -0.2) is 9.48 Å². The van der Waals surface area contributed by atoms with Crippen LogP contribution in [0, 0.1) is 0 Å². The third kappa shape index (κ3) is 2.60. The Kier molecular flexibility index (Phi) is 3.66. The van der Waals surface area contributed by atoms with Crippen LogP contribution in [-0.2, 0) is 4.74 Å². The number of carbonyl (C=O) groups excluding carboxylic acids is 1. The Balaban J connectivity index is 2.15. The second-order valence-corrected chi connectivity index (χ2v) is 4.41. The van der Waals surface area contributed by atoms with Crippen molar-refractivity contribution in [3.05, 3.63) is 11.8 Å². The van der Waals surface area contributed by atoms with Gasteiger partial charge < -0.3 is 10.5 Å². The van der Waals surface area contributed by atoms with E-state index in [0.717, 1.165) is 12.8 Å². The number of hydrogen-bond acceptors (Lipinski definition) is 4. The Hall–Kier alpha value is -1.52. The van der Waals surface area contributed by atoms with Crippen LogP contribution in [0.4, 0.5) is 5.82 Å². The van der Waals surface area contributed by atoms with E-state index in [1.807, 2.05) is 0 Å². The summed E-state index contributed by atoms with van der Waals surface area (Å²) in [5.74, 6) is 0.161. The molecular formula is C12H19N3O2. The fourth-order valence-corrected chi connectivity index (χ4v) is 2.33. The third-order valence-corrected chi connectivity index (χ3v) is 3.17. The van der Waals surface area contributed by atoms with Crippen LogP contribution >= 0.6 is 0 Å². The van der Waals surface area contributed by atoms with Crippen LogP contribution in [0.3, 0.4) is 0 Å². The molecule has 0 bridgehead atoms. The lowest BCUT2D eigenvalue weighted by Crippen LogP contribution is -2.16. The predicted molar refractivity (Wildman–Crippen MR) is 64.7 cm³/mol. The molecular weight excluding hydrogens is 218 g/mol. The zero-order valence-corrected chi connectivity index (χ0v) is 10.2. The first-order valence-electron chi connectivity index (χ1n) is 6.24. The number of carbonyl (C=O) groups is 1. The summed E-state index contributed by atoms with van der Waals surface area (Å²) < 4.78 is 6.70. The van der Waals surface area contributed by atoms with Crippen molar-refractivity contribution in [2.45, 2.75) is 45.1 Å². The van der Waals surface area contributed by atoms with Crippen LogP contribution in [-0.4, -0.2) is 22.4 Å². The molecule has 0 atom stereocenters. The van der Waals surface area contributed by atoms with E-state index in [2.05, 4.69) is 5.10 Å². The maximum atomic E-state index is 11.5. The minimum Gasteiger partial charge on any atom is -0.461 e. The maximum absolute atomic E-state index is 11.5. The molecule has 0 radical (unpaired) electrons. The van der Waals surface area contributed by atoms with Crippen LogP contribution in [0.25, 0.3) is 0 Å². The molecule has 0 unspecified atom stereocenters. The molecule has 17 heavy (non-hydrogen) atoms. The molecule has 94 valence electrons. The summed E-state index contributed by atoms with van der Waals surface area (Å²) in [4.78, 5) is 11.5. The molecule has 1 aliphatic rings. The summed E-state index contributed by atoms with van der Waals surface area (Å²) in [6, 6.07) is 1.94. The van der Waals surface area contributed by atoms with Gasteiger partial charge in [0.1, 0.15) is 5.82 Å². The number of esters is 1. The summed E-state index contributed by atoms with van der Waals surface area (Å²) >= 11 is 0. The van der Waals surface area contributed by atoms with Crippen molar-refractivity contribution in [3.8, 4) is 0 Å². The van der Waals surface area contributed by atoms with Crippen LogP contribution in [0.15, 0.2) is 6.07 Å². The van der Waals surface area contributed by atoms with E-state index in [9.17, 15) is 4.79 Å². The molecule has 1 saturated carbocycles. The summed E-state index contributed by atoms with van der Waals surface area (Å²) in [6.45, 7) is 2.13. The van der Waals surface area contributed by atoms with Gasteiger partial charge in [-0.15, -0.1) is 0 Å². The highest BCUT2D eigenvalue weighted by atomic mass is 16.5. The number of anilines is 1. The van der Waals surface area contributed by atoms with E-state index in [4.69, 9.17) is 10.5 Å². The number of nitrogens with zero attached hydrogens (tertiary/aromatic N) is 2. The summed E-state index contributed by atoms with van der Waals surface area (Å²) in [5, 5.41) is 4.27. The first-order chi connectivity index (χ1) is 8.22. The Bertz CT molecular complexity index is 394. The van der Waals surface area contributed by atoms with Gasteiger partial charge in [-0.05, 0) is 19.8 Å². The minimum absolute atomic E-state index is 0.315. The third-order valence-electron chi connectivity index (χ3n) is 3.17. The highest BCUT2D eigenvalue weighted by Crippen LogP contribution is 2.29. The molecule has 1 fully saturated rings. The van der Waals surface area contributed by atoms with Crippen molar-refractivity contribution in [2.75, 3.05) is 12.3 Å². The summed E-state index contributed by atoms with van der Waals surface area (Å²) in [6.07, 6.45) is 5.88. The molecule has 2 rings (SSSR count). The lowest BCUT2D eigenvalue weighted by Gasteiger charge is -2.22. The van der Waals surface area contributed by atoms with E-state index in [1.54, 1.807) is 17.7 Å². The van der Waals surface area contributed by atoms with Crippen molar-refractivity contribution >= 4 is 11.8 Å². The SMILES string of the molecule is CCOC(=O)c1cc(N)n(C2CCCCC2)n1. The van der Waals surface area contributed by atoms with Crippen molar-refractivity contribution in [2.24, 2.45) is 0 Å². The van der Waals surface area contributed by atoms with Crippen LogP contribution in [0.1, 0.15) is 55.6 Å². The lowest BCUT2D eigenvalue weighted by atomic mass is 9.96. The molecule has 5 heteroatoms. The van der Waals surface area contributed by atoms with Crippen LogP contribution < -0.4 is 5.73 Å². The second-order valence-electron chi connectivity index (χ2n) is 4.41. The monoisotopic (exact) mass is 237 g/mol. The average Bonchev–Trinajstić information content (AvgIpc) is 2.73. The van der Waals surface area contributed by atoms with Crippen molar-refractivity contribution < 1.29 is 9.53 Å². The van der Waals surface area contributed by atoms with Gasteiger partial charge in [0.05, 0.1) is 12.6 Å². The number of ether oxygens (including phenoxy) is 1. The smallest absolute Gasteiger partial charge is 0.358 e. The molecule has 0 spiro atoms. The zero-order chi connectivity index (χ0) is 12.3. The van der Waals surface area contributed by atoms with Gasteiger partial charge >= 0.3 is 5.97 Å². The molecule has 5 nitrogen and oxygen atoms in total. The molecule has 0 amide bonds. The first-order valence-corrected chi connectivity index (χ1v) is 6.24. The number of hydrogen-bond donors (Lipinski definition) is 1. The average molecular weight is 237 g/mol. The second kappa shape index (κ2) is 5.21. The standard InChI is InChI=1S/C12H19N3O2/c1-2-17-12(16)10-8-11(13)15(14-10)9-6-4-3-5-7-9/h8-9H,2-7,13H2,1H3.